The maximum absolute atomic E-state index is 12.8. The molecule has 1 aromatic carbocycles. The highest BCUT2D eigenvalue weighted by Gasteiger charge is 2.24. The van der Waals surface area contributed by atoms with Crippen molar-refractivity contribution in [3.8, 4) is 0 Å². The van der Waals surface area contributed by atoms with E-state index < -0.39 is 0 Å². The molecule has 10 heteroatoms. The molecule has 10 nitrogen and oxygen atoms in total. The number of carbonyl (C=O) groups is 1. The van der Waals surface area contributed by atoms with Gasteiger partial charge >= 0.3 is 0 Å². The Labute approximate surface area is 191 Å². The predicted molar refractivity (Wildman–Crippen MR) is 127 cm³/mol. The van der Waals surface area contributed by atoms with Crippen LogP contribution in [0.15, 0.2) is 29.4 Å². The number of rotatable bonds is 6. The predicted octanol–water partition coefficient (Wildman–Crippen LogP) is 2.62. The first-order chi connectivity index (χ1) is 16.2. The number of morpholine rings is 1. The smallest absolute Gasteiger partial charge is 0.287 e. The molecule has 0 radical (unpaired) electrons. The summed E-state index contributed by atoms with van der Waals surface area (Å²) in [5.74, 6) is 1.05. The summed E-state index contributed by atoms with van der Waals surface area (Å²) in [6.45, 7) is 4.65. The second-order valence-electron chi connectivity index (χ2n) is 8.49. The van der Waals surface area contributed by atoms with Crippen molar-refractivity contribution < 1.29 is 9.53 Å². The van der Waals surface area contributed by atoms with Crippen LogP contribution in [0.2, 0.25) is 0 Å². The topological polar surface area (TPSA) is 120 Å². The summed E-state index contributed by atoms with van der Waals surface area (Å²) in [7, 11) is 0. The fraction of sp³-hybridized carbons (Fsp3) is 0.435. The molecule has 1 aliphatic heterocycles. The van der Waals surface area contributed by atoms with Crippen molar-refractivity contribution >= 4 is 35.1 Å². The van der Waals surface area contributed by atoms with Crippen LogP contribution in [0.5, 0.6) is 0 Å². The van der Waals surface area contributed by atoms with E-state index in [9.17, 15) is 4.79 Å². The minimum atomic E-state index is -0.209. The molecule has 2 fully saturated rings. The molecule has 5 rings (SSSR count). The van der Waals surface area contributed by atoms with Gasteiger partial charge in [-0.15, -0.1) is 0 Å². The molecule has 1 saturated carbocycles. The van der Waals surface area contributed by atoms with Crippen molar-refractivity contribution in [3.05, 3.63) is 41.2 Å². The van der Waals surface area contributed by atoms with E-state index in [1.165, 1.54) is 0 Å². The molecule has 3 N–H and O–H groups in total. The standard InChI is InChI=1S/C23H28N8O2/c1-15-5-4-6-16(13-15)14-24-30-23-28-19-18(21(29-23)31-9-11-33-12-10-31)26-20(27-19)22(32)25-17-7-2-3-8-17/h4-6,13-14,17H,2-3,7-12H2,1H3,(H,25,32)(H2,26,27,28,29,30)/b24-14+. The van der Waals surface area contributed by atoms with Crippen molar-refractivity contribution in [2.24, 2.45) is 5.10 Å². The quantitative estimate of drug-likeness (QED) is 0.392. The van der Waals surface area contributed by atoms with Gasteiger partial charge in [-0.25, -0.2) is 10.4 Å². The number of fused-ring (bicyclic) bond motifs is 1. The normalized spacial score (nSPS) is 17.2. The van der Waals surface area contributed by atoms with Crippen LogP contribution in [0, 0.1) is 6.92 Å². The number of hydrazone groups is 1. The highest BCUT2D eigenvalue weighted by Crippen LogP contribution is 2.25. The van der Waals surface area contributed by atoms with Gasteiger partial charge in [-0.3, -0.25) is 4.79 Å². The Morgan fingerprint density at radius 3 is 2.82 bits per heavy atom. The maximum Gasteiger partial charge on any atom is 0.287 e. The van der Waals surface area contributed by atoms with Crippen molar-refractivity contribution in [2.75, 3.05) is 36.6 Å². The molecule has 2 aromatic heterocycles. The summed E-state index contributed by atoms with van der Waals surface area (Å²) in [6.07, 6.45) is 6.04. The second kappa shape index (κ2) is 9.53. The highest BCUT2D eigenvalue weighted by molar-refractivity contribution is 5.96. The van der Waals surface area contributed by atoms with Gasteiger partial charge < -0.3 is 19.9 Å². The third-order valence-electron chi connectivity index (χ3n) is 5.97. The third kappa shape index (κ3) is 4.95. The fourth-order valence-corrected chi connectivity index (χ4v) is 4.28. The highest BCUT2D eigenvalue weighted by atomic mass is 16.5. The minimum Gasteiger partial charge on any atom is -0.378 e. The molecule has 0 spiro atoms. The number of amides is 1. The van der Waals surface area contributed by atoms with Gasteiger partial charge in [0.2, 0.25) is 5.95 Å². The molecule has 3 heterocycles. The molecule has 1 saturated heterocycles. The Morgan fingerprint density at radius 1 is 1.21 bits per heavy atom. The van der Waals surface area contributed by atoms with E-state index >= 15 is 0 Å². The number of aryl methyl sites for hydroxylation is 1. The number of hydrogen-bond donors (Lipinski definition) is 3. The lowest BCUT2D eigenvalue weighted by Gasteiger charge is -2.28. The van der Waals surface area contributed by atoms with Crippen molar-refractivity contribution in [2.45, 2.75) is 38.6 Å². The number of carbonyl (C=O) groups excluding carboxylic acids is 1. The molecule has 3 aromatic rings. The molecule has 2 aliphatic rings. The number of imidazole rings is 1. The molecule has 0 atom stereocenters. The van der Waals surface area contributed by atoms with Gasteiger partial charge in [0.05, 0.1) is 19.4 Å². The third-order valence-corrected chi connectivity index (χ3v) is 5.97. The van der Waals surface area contributed by atoms with Gasteiger partial charge in [0.15, 0.2) is 17.3 Å². The van der Waals surface area contributed by atoms with E-state index in [1.54, 1.807) is 6.21 Å². The van der Waals surface area contributed by atoms with E-state index in [0.29, 0.717) is 49.2 Å². The number of nitrogens with zero attached hydrogens (tertiary/aromatic N) is 5. The van der Waals surface area contributed by atoms with Gasteiger partial charge in [0.1, 0.15) is 5.52 Å². The molecule has 1 aliphatic carbocycles. The second-order valence-corrected chi connectivity index (χ2v) is 8.49. The molecule has 33 heavy (non-hydrogen) atoms. The van der Waals surface area contributed by atoms with Crippen molar-refractivity contribution in [3.63, 3.8) is 0 Å². The van der Waals surface area contributed by atoms with E-state index in [2.05, 4.69) is 40.7 Å². The number of aromatic amines is 1. The maximum atomic E-state index is 12.8. The van der Waals surface area contributed by atoms with E-state index in [1.807, 2.05) is 31.2 Å². The average molecular weight is 449 g/mol. The Morgan fingerprint density at radius 2 is 2.03 bits per heavy atom. The molecule has 0 unspecified atom stereocenters. The van der Waals surface area contributed by atoms with Crippen LogP contribution in [0.3, 0.4) is 0 Å². The number of hydrogen-bond acceptors (Lipinski definition) is 8. The van der Waals surface area contributed by atoms with Crippen LogP contribution in [0.1, 0.15) is 47.4 Å². The lowest BCUT2D eigenvalue weighted by atomic mass is 10.2. The number of H-pyrrole nitrogens is 1. The van der Waals surface area contributed by atoms with Crippen LogP contribution in [-0.2, 0) is 4.74 Å². The van der Waals surface area contributed by atoms with Gasteiger partial charge in [0.25, 0.3) is 5.91 Å². The van der Waals surface area contributed by atoms with Crippen molar-refractivity contribution in [1.29, 1.82) is 0 Å². The number of benzene rings is 1. The minimum absolute atomic E-state index is 0.209. The lowest BCUT2D eigenvalue weighted by Crippen LogP contribution is -2.37. The molecular weight excluding hydrogens is 420 g/mol. The summed E-state index contributed by atoms with van der Waals surface area (Å²) in [4.78, 5) is 31.7. The number of aromatic nitrogens is 4. The summed E-state index contributed by atoms with van der Waals surface area (Å²) < 4.78 is 5.49. The Balaban J connectivity index is 1.43. The number of nitrogens with one attached hydrogen (secondary N) is 3. The van der Waals surface area contributed by atoms with Gasteiger partial charge in [0, 0.05) is 19.1 Å². The summed E-state index contributed by atoms with van der Waals surface area (Å²) >= 11 is 0. The summed E-state index contributed by atoms with van der Waals surface area (Å²) in [5.41, 5.74) is 6.12. The lowest BCUT2D eigenvalue weighted by molar-refractivity contribution is 0.0928. The van der Waals surface area contributed by atoms with Crippen LogP contribution in [0.4, 0.5) is 11.8 Å². The van der Waals surface area contributed by atoms with Crippen LogP contribution < -0.4 is 15.6 Å². The molecule has 0 bridgehead atoms. The Bertz CT molecular complexity index is 1160. The fourth-order valence-electron chi connectivity index (χ4n) is 4.28. The zero-order chi connectivity index (χ0) is 22.6. The first kappa shape index (κ1) is 21.3. The largest absolute Gasteiger partial charge is 0.378 e. The monoisotopic (exact) mass is 448 g/mol. The van der Waals surface area contributed by atoms with Gasteiger partial charge in [-0.1, -0.05) is 42.7 Å². The zero-order valence-corrected chi connectivity index (χ0v) is 18.7. The Kier molecular flexibility index (Phi) is 6.16. The van der Waals surface area contributed by atoms with Crippen molar-refractivity contribution in [1.82, 2.24) is 25.3 Å². The zero-order valence-electron chi connectivity index (χ0n) is 18.7. The van der Waals surface area contributed by atoms with Crippen LogP contribution in [0.25, 0.3) is 11.2 Å². The average Bonchev–Trinajstić information content (AvgIpc) is 3.49. The van der Waals surface area contributed by atoms with Gasteiger partial charge in [-0.05, 0) is 25.3 Å². The first-order valence-electron chi connectivity index (χ1n) is 11.4. The van der Waals surface area contributed by atoms with Crippen LogP contribution in [-0.4, -0.2) is 64.4 Å². The molecule has 1 amide bonds. The molecule has 172 valence electrons. The number of ether oxygens (including phenoxy) is 1. The summed E-state index contributed by atoms with van der Waals surface area (Å²) in [6, 6.07) is 8.25. The van der Waals surface area contributed by atoms with Gasteiger partial charge in [-0.2, -0.15) is 15.1 Å². The van der Waals surface area contributed by atoms with E-state index in [0.717, 1.165) is 36.8 Å². The van der Waals surface area contributed by atoms with E-state index in [-0.39, 0.29) is 17.8 Å². The van der Waals surface area contributed by atoms with Crippen LogP contribution >= 0.6 is 0 Å². The summed E-state index contributed by atoms with van der Waals surface area (Å²) in [5, 5.41) is 7.37. The molecular formula is C23H28N8O2. The van der Waals surface area contributed by atoms with E-state index in [4.69, 9.17) is 4.74 Å². The first-order valence-corrected chi connectivity index (χ1v) is 11.4. The Hall–Kier alpha value is -3.53. The SMILES string of the molecule is Cc1cccc(/C=N/Nc2nc(N3CCOCC3)c3[nH]c(C(=O)NC4CCCC4)nc3n2)c1. The number of anilines is 2.